The van der Waals surface area contributed by atoms with Gasteiger partial charge in [0.15, 0.2) is 0 Å². The lowest BCUT2D eigenvalue weighted by atomic mass is 10.1. The molecule has 7 nitrogen and oxygen atoms in total. The predicted molar refractivity (Wildman–Crippen MR) is 167 cm³/mol. The second-order valence-corrected chi connectivity index (χ2v) is 11.8. The van der Waals surface area contributed by atoms with Crippen molar-refractivity contribution in [2.45, 2.75) is 25.3 Å². The second kappa shape index (κ2) is 12.7. The summed E-state index contributed by atoms with van der Waals surface area (Å²) in [5.41, 5.74) is 6.37. The first-order chi connectivity index (χ1) is 20.3. The van der Waals surface area contributed by atoms with Crippen molar-refractivity contribution in [3.63, 3.8) is 0 Å². The fraction of sp³-hybridized carbons (Fsp3) is 0.118. The molecule has 5 aromatic rings. The summed E-state index contributed by atoms with van der Waals surface area (Å²) in [4.78, 5) is 13.0. The van der Waals surface area contributed by atoms with Crippen LogP contribution in [0.1, 0.15) is 22.3 Å². The van der Waals surface area contributed by atoms with Gasteiger partial charge in [-0.05, 0) is 89.3 Å². The zero-order chi connectivity index (χ0) is 29.5. The maximum atomic E-state index is 13.6. The van der Waals surface area contributed by atoms with Gasteiger partial charge < -0.3 is 4.74 Å². The first-order valence-corrected chi connectivity index (χ1v) is 14.9. The number of sulfonamides is 1. The van der Waals surface area contributed by atoms with E-state index in [1.807, 2.05) is 68.4 Å². The summed E-state index contributed by atoms with van der Waals surface area (Å²) in [5.74, 6) is 0.140. The largest absolute Gasteiger partial charge is 0.489 e. The molecule has 0 fully saturated rings. The molecule has 0 aliphatic carbocycles. The van der Waals surface area contributed by atoms with Gasteiger partial charge in [0.2, 0.25) is 0 Å². The zero-order valence-corrected chi connectivity index (χ0v) is 24.2. The average Bonchev–Trinajstić information content (AvgIpc) is 3.01. The molecule has 0 radical (unpaired) electrons. The molecule has 212 valence electrons. The van der Waals surface area contributed by atoms with Crippen LogP contribution in [0.2, 0.25) is 0 Å². The van der Waals surface area contributed by atoms with Crippen LogP contribution in [-0.2, 0) is 21.4 Å². The van der Waals surface area contributed by atoms with E-state index in [9.17, 15) is 13.2 Å². The Kier molecular flexibility index (Phi) is 8.64. The lowest BCUT2D eigenvalue weighted by Gasteiger charge is -2.25. The Balaban J connectivity index is 1.24. The van der Waals surface area contributed by atoms with E-state index >= 15 is 0 Å². The van der Waals surface area contributed by atoms with Gasteiger partial charge in [0.25, 0.3) is 15.9 Å². The number of amides is 1. The third kappa shape index (κ3) is 6.67. The predicted octanol–water partition coefficient (Wildman–Crippen LogP) is 6.38. The van der Waals surface area contributed by atoms with E-state index in [0.717, 1.165) is 31.9 Å². The van der Waals surface area contributed by atoms with Crippen molar-refractivity contribution in [3.05, 3.63) is 138 Å². The minimum atomic E-state index is -4.00. The van der Waals surface area contributed by atoms with Crippen LogP contribution >= 0.6 is 0 Å². The smallest absolute Gasteiger partial charge is 0.264 e. The van der Waals surface area contributed by atoms with Gasteiger partial charge in [-0.3, -0.25) is 9.10 Å². The molecule has 8 heteroatoms. The van der Waals surface area contributed by atoms with Crippen molar-refractivity contribution >= 4 is 38.6 Å². The number of fused-ring (bicyclic) bond motifs is 1. The highest BCUT2D eigenvalue weighted by atomic mass is 32.2. The molecule has 0 saturated heterocycles. The number of hydrogen-bond donors (Lipinski definition) is 1. The highest BCUT2D eigenvalue weighted by Crippen LogP contribution is 2.28. The van der Waals surface area contributed by atoms with Crippen LogP contribution < -0.4 is 14.5 Å². The Labute approximate surface area is 246 Å². The number of anilines is 1. The number of nitrogens with one attached hydrogen (secondary N) is 1. The van der Waals surface area contributed by atoms with Crippen LogP contribution in [0, 0.1) is 13.8 Å². The van der Waals surface area contributed by atoms with Crippen molar-refractivity contribution in [1.82, 2.24) is 5.43 Å². The first-order valence-electron chi connectivity index (χ1n) is 13.5. The van der Waals surface area contributed by atoms with E-state index in [-0.39, 0.29) is 4.90 Å². The number of nitrogens with zero attached hydrogens (tertiary/aromatic N) is 2. The summed E-state index contributed by atoms with van der Waals surface area (Å²) in [6.45, 7) is 3.70. The van der Waals surface area contributed by atoms with Crippen LogP contribution in [0.15, 0.2) is 125 Å². The third-order valence-electron chi connectivity index (χ3n) is 6.81. The second-order valence-electron chi connectivity index (χ2n) is 9.90. The number of carbonyl (C=O) groups is 1. The van der Waals surface area contributed by atoms with E-state index in [1.54, 1.807) is 24.3 Å². The summed E-state index contributed by atoms with van der Waals surface area (Å²) in [6, 6.07) is 35.2. The fourth-order valence-corrected chi connectivity index (χ4v) is 6.08. The summed E-state index contributed by atoms with van der Waals surface area (Å²) in [7, 11) is -4.00. The molecule has 5 aromatic carbocycles. The van der Waals surface area contributed by atoms with E-state index in [0.29, 0.717) is 18.0 Å². The van der Waals surface area contributed by atoms with Gasteiger partial charge in [0, 0.05) is 0 Å². The molecular weight excluding hydrogens is 546 g/mol. The molecular formula is C34H31N3O4S. The minimum absolute atomic E-state index is 0.102. The maximum absolute atomic E-state index is 13.6. The summed E-state index contributed by atoms with van der Waals surface area (Å²) < 4.78 is 34.2. The van der Waals surface area contributed by atoms with Crippen LogP contribution in [0.25, 0.3) is 10.8 Å². The first kappa shape index (κ1) is 28.6. The van der Waals surface area contributed by atoms with Gasteiger partial charge in [-0.2, -0.15) is 5.10 Å². The van der Waals surface area contributed by atoms with Crippen molar-refractivity contribution < 1.29 is 17.9 Å². The molecule has 0 heterocycles. The van der Waals surface area contributed by atoms with Crippen LogP contribution in [-0.4, -0.2) is 27.1 Å². The van der Waals surface area contributed by atoms with Gasteiger partial charge >= 0.3 is 0 Å². The minimum Gasteiger partial charge on any atom is -0.489 e. The Morgan fingerprint density at radius 2 is 1.57 bits per heavy atom. The monoisotopic (exact) mass is 577 g/mol. The molecule has 0 aliphatic heterocycles. The van der Waals surface area contributed by atoms with Gasteiger partial charge in [-0.25, -0.2) is 13.8 Å². The molecule has 0 aromatic heterocycles. The lowest BCUT2D eigenvalue weighted by Crippen LogP contribution is -2.40. The Morgan fingerprint density at radius 3 is 2.36 bits per heavy atom. The molecule has 0 aliphatic rings. The Morgan fingerprint density at radius 1 is 0.857 bits per heavy atom. The lowest BCUT2D eigenvalue weighted by molar-refractivity contribution is -0.119. The molecule has 42 heavy (non-hydrogen) atoms. The highest BCUT2D eigenvalue weighted by Gasteiger charge is 2.28. The van der Waals surface area contributed by atoms with Crippen molar-refractivity contribution in [2.75, 3.05) is 10.8 Å². The van der Waals surface area contributed by atoms with Gasteiger partial charge in [-0.1, -0.05) is 72.8 Å². The van der Waals surface area contributed by atoms with Crippen LogP contribution in [0.4, 0.5) is 5.69 Å². The molecule has 5 rings (SSSR count). The number of aryl methyl sites for hydroxylation is 2. The number of hydrazone groups is 1. The topological polar surface area (TPSA) is 88.1 Å². The number of carbonyl (C=O) groups excluding carboxylic acids is 1. The molecule has 0 atom stereocenters. The van der Waals surface area contributed by atoms with E-state index in [4.69, 9.17) is 4.74 Å². The zero-order valence-electron chi connectivity index (χ0n) is 23.4. The summed E-state index contributed by atoms with van der Waals surface area (Å²) in [5, 5.41) is 6.38. The van der Waals surface area contributed by atoms with Gasteiger partial charge in [0.1, 0.15) is 18.9 Å². The quantitative estimate of drug-likeness (QED) is 0.154. The van der Waals surface area contributed by atoms with Gasteiger partial charge in [0.05, 0.1) is 16.8 Å². The van der Waals surface area contributed by atoms with E-state index in [1.165, 1.54) is 23.7 Å². The SMILES string of the molecule is Cc1ccc(C)c(N(CC(=O)N/N=C\c2ccc(OCc3cccc4ccccc34)cc2)S(=O)(=O)c2ccccc2)c1. The fourth-order valence-electron chi connectivity index (χ4n) is 4.58. The van der Waals surface area contributed by atoms with Gasteiger partial charge in [-0.15, -0.1) is 0 Å². The number of benzene rings is 5. The van der Waals surface area contributed by atoms with Crippen molar-refractivity contribution in [3.8, 4) is 5.75 Å². The third-order valence-corrected chi connectivity index (χ3v) is 8.58. The Hall–Kier alpha value is -4.95. The molecule has 1 amide bonds. The number of hydrogen-bond acceptors (Lipinski definition) is 5. The highest BCUT2D eigenvalue weighted by molar-refractivity contribution is 7.92. The standard InChI is InChI=1S/C34H31N3O4S/c1-25-15-16-26(2)33(21-25)37(42(39,40)31-12-4-3-5-13-31)23-34(38)36-35-22-27-17-19-30(20-18-27)41-24-29-11-8-10-28-9-6-7-14-32(28)29/h3-22H,23-24H2,1-2H3,(H,36,38)/b35-22-. The van der Waals surface area contributed by atoms with Crippen molar-refractivity contribution in [1.29, 1.82) is 0 Å². The molecule has 0 spiro atoms. The number of rotatable bonds is 10. The maximum Gasteiger partial charge on any atom is 0.264 e. The van der Waals surface area contributed by atoms with E-state index < -0.39 is 22.5 Å². The van der Waals surface area contributed by atoms with E-state index in [2.05, 4.69) is 34.8 Å². The summed E-state index contributed by atoms with van der Waals surface area (Å²) >= 11 is 0. The summed E-state index contributed by atoms with van der Waals surface area (Å²) in [6.07, 6.45) is 1.50. The molecule has 0 unspecified atom stereocenters. The Bertz CT molecular complexity index is 1830. The number of ether oxygens (including phenoxy) is 1. The molecule has 1 N–H and O–H groups in total. The van der Waals surface area contributed by atoms with Crippen LogP contribution in [0.5, 0.6) is 5.75 Å². The average molecular weight is 578 g/mol. The molecule has 0 saturated carbocycles. The normalized spacial score (nSPS) is 11.5. The van der Waals surface area contributed by atoms with Crippen molar-refractivity contribution in [2.24, 2.45) is 5.10 Å². The van der Waals surface area contributed by atoms with Crippen LogP contribution in [0.3, 0.4) is 0 Å². The molecule has 0 bridgehead atoms.